The van der Waals surface area contributed by atoms with Crippen LogP contribution in [0.25, 0.3) is 0 Å². The first-order chi connectivity index (χ1) is 8.08. The second-order valence-electron chi connectivity index (χ2n) is 3.63. The predicted molar refractivity (Wildman–Crippen MR) is 65.3 cm³/mol. The molecule has 0 unspecified atom stereocenters. The van der Waals surface area contributed by atoms with E-state index >= 15 is 0 Å². The lowest BCUT2D eigenvalue weighted by Gasteiger charge is -2.04. The number of amides is 1. The fraction of sp³-hybridized carbons (Fsp3) is 0.300. The summed E-state index contributed by atoms with van der Waals surface area (Å²) in [7, 11) is 3.56. The van der Waals surface area contributed by atoms with Crippen LogP contribution in [0.1, 0.15) is 16.2 Å². The Morgan fingerprint density at radius 1 is 1.53 bits per heavy atom. The molecule has 0 aliphatic rings. The summed E-state index contributed by atoms with van der Waals surface area (Å²) in [5, 5.41) is 11.0. The van der Waals surface area contributed by atoms with Gasteiger partial charge in [0.1, 0.15) is 5.69 Å². The van der Waals surface area contributed by atoms with E-state index < -0.39 is 0 Å². The van der Waals surface area contributed by atoms with Crippen LogP contribution in [0.3, 0.4) is 0 Å². The SMILES string of the molecule is Cn1ccc(CNC(=O)c2c(Br)cnn2C)n1. The molecule has 2 heterocycles. The molecule has 17 heavy (non-hydrogen) atoms. The summed E-state index contributed by atoms with van der Waals surface area (Å²) >= 11 is 3.28. The summed E-state index contributed by atoms with van der Waals surface area (Å²) in [5.74, 6) is -0.178. The Hall–Kier alpha value is -1.63. The highest BCUT2D eigenvalue weighted by atomic mass is 79.9. The highest BCUT2D eigenvalue weighted by Crippen LogP contribution is 2.14. The zero-order valence-corrected chi connectivity index (χ0v) is 11.1. The van der Waals surface area contributed by atoms with Crippen LogP contribution in [0.15, 0.2) is 22.9 Å². The minimum absolute atomic E-state index is 0.178. The maximum absolute atomic E-state index is 11.9. The topological polar surface area (TPSA) is 64.7 Å². The van der Waals surface area contributed by atoms with Crippen molar-refractivity contribution in [2.45, 2.75) is 6.54 Å². The van der Waals surface area contributed by atoms with Crippen LogP contribution in [0.4, 0.5) is 0 Å². The van der Waals surface area contributed by atoms with Gasteiger partial charge in [0.25, 0.3) is 5.91 Å². The van der Waals surface area contributed by atoms with Gasteiger partial charge in [0.15, 0.2) is 0 Å². The Morgan fingerprint density at radius 2 is 2.29 bits per heavy atom. The van der Waals surface area contributed by atoms with Gasteiger partial charge < -0.3 is 5.32 Å². The predicted octanol–water partition coefficient (Wildman–Crippen LogP) is 0.846. The van der Waals surface area contributed by atoms with Gasteiger partial charge >= 0.3 is 0 Å². The molecule has 1 N–H and O–H groups in total. The smallest absolute Gasteiger partial charge is 0.271 e. The van der Waals surface area contributed by atoms with Crippen molar-refractivity contribution in [2.75, 3.05) is 0 Å². The van der Waals surface area contributed by atoms with E-state index in [0.29, 0.717) is 16.7 Å². The van der Waals surface area contributed by atoms with Crippen LogP contribution in [0.2, 0.25) is 0 Å². The third-order valence-electron chi connectivity index (χ3n) is 2.31. The molecule has 0 saturated carbocycles. The summed E-state index contributed by atoms with van der Waals surface area (Å²) in [5.41, 5.74) is 1.32. The molecule has 6 nitrogen and oxygen atoms in total. The number of nitrogens with zero attached hydrogens (tertiary/aromatic N) is 4. The highest BCUT2D eigenvalue weighted by Gasteiger charge is 2.14. The molecule has 90 valence electrons. The van der Waals surface area contributed by atoms with Crippen molar-refractivity contribution in [3.8, 4) is 0 Å². The number of aryl methyl sites for hydroxylation is 2. The Kier molecular flexibility index (Phi) is 3.28. The van der Waals surface area contributed by atoms with Crippen molar-refractivity contribution in [1.82, 2.24) is 24.9 Å². The van der Waals surface area contributed by atoms with E-state index in [9.17, 15) is 4.79 Å². The third-order valence-corrected chi connectivity index (χ3v) is 2.89. The lowest BCUT2D eigenvalue weighted by Crippen LogP contribution is -2.25. The van der Waals surface area contributed by atoms with E-state index in [1.165, 1.54) is 4.68 Å². The zero-order chi connectivity index (χ0) is 12.4. The highest BCUT2D eigenvalue weighted by molar-refractivity contribution is 9.10. The van der Waals surface area contributed by atoms with Gasteiger partial charge in [-0.05, 0) is 22.0 Å². The first-order valence-corrected chi connectivity index (χ1v) is 5.81. The molecule has 0 radical (unpaired) electrons. The molecule has 0 atom stereocenters. The summed E-state index contributed by atoms with van der Waals surface area (Å²) in [6.45, 7) is 0.400. The number of aromatic nitrogens is 4. The first-order valence-electron chi connectivity index (χ1n) is 5.02. The number of hydrogen-bond acceptors (Lipinski definition) is 3. The van der Waals surface area contributed by atoms with Gasteiger partial charge in [-0.15, -0.1) is 0 Å². The van der Waals surface area contributed by atoms with Crippen molar-refractivity contribution >= 4 is 21.8 Å². The minimum Gasteiger partial charge on any atom is -0.345 e. The number of rotatable bonds is 3. The summed E-state index contributed by atoms with van der Waals surface area (Å²) in [6.07, 6.45) is 3.43. The summed E-state index contributed by atoms with van der Waals surface area (Å²) in [6, 6.07) is 1.86. The Bertz CT molecular complexity index is 525. The molecule has 0 spiro atoms. The quantitative estimate of drug-likeness (QED) is 0.913. The molecule has 1 amide bonds. The van der Waals surface area contributed by atoms with Crippen LogP contribution >= 0.6 is 15.9 Å². The van der Waals surface area contributed by atoms with Crippen molar-refractivity contribution < 1.29 is 4.79 Å². The van der Waals surface area contributed by atoms with Crippen molar-refractivity contribution in [2.24, 2.45) is 14.1 Å². The maximum Gasteiger partial charge on any atom is 0.271 e. The lowest BCUT2D eigenvalue weighted by atomic mass is 10.3. The second kappa shape index (κ2) is 4.70. The molecular formula is C10H12BrN5O. The molecule has 0 bridgehead atoms. The molecule has 0 fully saturated rings. The van der Waals surface area contributed by atoms with Gasteiger partial charge in [-0.2, -0.15) is 10.2 Å². The van der Waals surface area contributed by atoms with E-state index in [2.05, 4.69) is 31.4 Å². The van der Waals surface area contributed by atoms with Crippen molar-refractivity contribution in [3.63, 3.8) is 0 Å². The molecule has 0 aliphatic carbocycles. The second-order valence-corrected chi connectivity index (χ2v) is 4.48. The van der Waals surface area contributed by atoms with Crippen LogP contribution in [0.5, 0.6) is 0 Å². The van der Waals surface area contributed by atoms with Crippen LogP contribution in [-0.2, 0) is 20.6 Å². The van der Waals surface area contributed by atoms with Crippen molar-refractivity contribution in [1.29, 1.82) is 0 Å². The average molecular weight is 298 g/mol. The molecular weight excluding hydrogens is 286 g/mol. The minimum atomic E-state index is -0.178. The molecule has 0 aliphatic heterocycles. The Morgan fingerprint density at radius 3 is 2.82 bits per heavy atom. The number of carbonyl (C=O) groups excluding carboxylic acids is 1. The molecule has 0 saturated heterocycles. The van der Waals surface area contributed by atoms with E-state index in [4.69, 9.17) is 0 Å². The van der Waals surface area contributed by atoms with Crippen LogP contribution in [-0.4, -0.2) is 25.5 Å². The van der Waals surface area contributed by atoms with Gasteiger partial charge in [0.05, 0.1) is 22.9 Å². The average Bonchev–Trinajstić information content (AvgIpc) is 2.83. The lowest BCUT2D eigenvalue weighted by molar-refractivity contribution is 0.0940. The Labute approximate surface area is 107 Å². The molecule has 2 aromatic rings. The van der Waals surface area contributed by atoms with Gasteiger partial charge in [-0.1, -0.05) is 0 Å². The van der Waals surface area contributed by atoms with Crippen LogP contribution in [0, 0.1) is 0 Å². The van der Waals surface area contributed by atoms with E-state index in [-0.39, 0.29) is 5.91 Å². The first kappa shape index (κ1) is 11.8. The number of hydrogen-bond donors (Lipinski definition) is 1. The standard InChI is InChI=1S/C10H12BrN5O/c1-15-4-3-7(14-15)5-12-10(17)9-8(11)6-13-16(9)2/h3-4,6H,5H2,1-2H3,(H,12,17). The monoisotopic (exact) mass is 297 g/mol. The number of carbonyl (C=O) groups is 1. The van der Waals surface area contributed by atoms with Crippen molar-refractivity contribution in [3.05, 3.63) is 34.3 Å². The van der Waals surface area contributed by atoms with Crippen LogP contribution < -0.4 is 5.32 Å². The molecule has 0 aromatic carbocycles. The summed E-state index contributed by atoms with van der Waals surface area (Å²) < 4.78 is 3.90. The van der Waals surface area contributed by atoms with Gasteiger partial charge in [-0.3, -0.25) is 14.2 Å². The van der Waals surface area contributed by atoms with E-state index in [1.807, 2.05) is 19.3 Å². The fourth-order valence-corrected chi connectivity index (χ4v) is 2.01. The Balaban J connectivity index is 2.03. The zero-order valence-electron chi connectivity index (χ0n) is 9.51. The van der Waals surface area contributed by atoms with E-state index in [0.717, 1.165) is 5.69 Å². The third kappa shape index (κ3) is 2.55. The maximum atomic E-state index is 11.9. The number of halogens is 1. The summed E-state index contributed by atoms with van der Waals surface area (Å²) in [4.78, 5) is 11.9. The van der Waals surface area contributed by atoms with Gasteiger partial charge in [0, 0.05) is 20.3 Å². The molecule has 2 aromatic heterocycles. The fourth-order valence-electron chi connectivity index (χ4n) is 1.48. The molecule has 7 heteroatoms. The normalized spacial score (nSPS) is 10.5. The van der Waals surface area contributed by atoms with Gasteiger partial charge in [0.2, 0.25) is 0 Å². The number of nitrogens with one attached hydrogen (secondary N) is 1. The van der Waals surface area contributed by atoms with E-state index in [1.54, 1.807) is 17.9 Å². The van der Waals surface area contributed by atoms with Gasteiger partial charge in [-0.25, -0.2) is 0 Å². The largest absolute Gasteiger partial charge is 0.345 e. The molecule has 2 rings (SSSR count).